The van der Waals surface area contributed by atoms with Crippen molar-refractivity contribution in [2.24, 2.45) is 0 Å². The molecule has 0 aliphatic carbocycles. The van der Waals surface area contributed by atoms with Crippen molar-refractivity contribution in [2.45, 2.75) is 50.7 Å². The van der Waals surface area contributed by atoms with E-state index in [4.69, 9.17) is 27.9 Å². The highest BCUT2D eigenvalue weighted by molar-refractivity contribution is 7.92. The Hall–Kier alpha value is -3.27. The highest BCUT2D eigenvalue weighted by Gasteiger charge is 2.33. The van der Waals surface area contributed by atoms with Gasteiger partial charge in [-0.25, -0.2) is 8.42 Å². The standard InChI is InChI=1S/C29H33Cl2N3O5S/c1-20(28(36)32-29(2,3)4)33(18-21-8-6-9-22(30)16-21)27(35)19-34(24-11-7-10-23(31)17-24)40(37,38)26-14-12-25(39-5)13-15-26/h6-17,20H,18-19H2,1-5H3,(H,32,36). The quantitative estimate of drug-likeness (QED) is 0.328. The fraction of sp³-hybridized carbons (Fsp3) is 0.310. The van der Waals surface area contributed by atoms with Crippen LogP contribution in [0.25, 0.3) is 0 Å². The normalized spacial score (nSPS) is 12.4. The maximum atomic E-state index is 13.9. The fourth-order valence-corrected chi connectivity index (χ4v) is 5.73. The molecule has 0 aromatic heterocycles. The number of methoxy groups -OCH3 is 1. The lowest BCUT2D eigenvalue weighted by atomic mass is 10.1. The predicted molar refractivity (Wildman–Crippen MR) is 158 cm³/mol. The summed E-state index contributed by atoms with van der Waals surface area (Å²) in [6.07, 6.45) is 0. The number of hydrogen-bond donors (Lipinski definition) is 1. The molecule has 0 aliphatic heterocycles. The van der Waals surface area contributed by atoms with E-state index in [-0.39, 0.29) is 23.0 Å². The van der Waals surface area contributed by atoms with Crippen LogP contribution in [0.3, 0.4) is 0 Å². The molecule has 0 aliphatic rings. The number of nitrogens with zero attached hydrogens (tertiary/aromatic N) is 2. The minimum Gasteiger partial charge on any atom is -0.497 e. The topological polar surface area (TPSA) is 96.0 Å². The first-order valence-corrected chi connectivity index (χ1v) is 14.7. The SMILES string of the molecule is COc1ccc(S(=O)(=O)N(CC(=O)N(Cc2cccc(Cl)c2)C(C)C(=O)NC(C)(C)C)c2cccc(Cl)c2)cc1. The van der Waals surface area contributed by atoms with Crippen molar-refractivity contribution < 1.29 is 22.7 Å². The maximum absolute atomic E-state index is 13.9. The molecule has 0 heterocycles. The number of ether oxygens (including phenoxy) is 1. The molecule has 0 radical (unpaired) electrons. The molecule has 3 aromatic rings. The summed E-state index contributed by atoms with van der Waals surface area (Å²) in [5.74, 6) is -0.487. The Morgan fingerprint density at radius 3 is 2.10 bits per heavy atom. The number of sulfonamides is 1. The smallest absolute Gasteiger partial charge is 0.264 e. The zero-order valence-electron chi connectivity index (χ0n) is 23.0. The molecule has 1 N–H and O–H groups in total. The molecule has 3 aromatic carbocycles. The molecule has 0 bridgehead atoms. The van der Waals surface area contributed by atoms with Crippen molar-refractivity contribution in [3.05, 3.63) is 88.4 Å². The molecule has 2 amide bonds. The number of carbonyl (C=O) groups is 2. The lowest BCUT2D eigenvalue weighted by Crippen LogP contribution is -2.54. The van der Waals surface area contributed by atoms with Gasteiger partial charge in [0.25, 0.3) is 10.0 Å². The predicted octanol–water partition coefficient (Wildman–Crippen LogP) is 5.53. The number of rotatable bonds is 10. The van der Waals surface area contributed by atoms with Gasteiger partial charge in [-0.05, 0) is 87.9 Å². The Morgan fingerprint density at radius 2 is 1.55 bits per heavy atom. The van der Waals surface area contributed by atoms with Gasteiger partial charge in [0.15, 0.2) is 0 Å². The number of hydrogen-bond acceptors (Lipinski definition) is 5. The van der Waals surface area contributed by atoms with Crippen molar-refractivity contribution in [2.75, 3.05) is 18.0 Å². The molecular formula is C29H33Cl2N3O5S. The van der Waals surface area contributed by atoms with Crippen molar-refractivity contribution in [3.8, 4) is 5.75 Å². The Morgan fingerprint density at radius 1 is 0.950 bits per heavy atom. The summed E-state index contributed by atoms with van der Waals surface area (Å²) in [6, 6.07) is 18.1. The number of halogens is 2. The van der Waals surface area contributed by atoms with E-state index in [1.807, 2.05) is 20.8 Å². The molecule has 40 heavy (non-hydrogen) atoms. The molecule has 8 nitrogen and oxygen atoms in total. The van der Waals surface area contributed by atoms with E-state index in [0.717, 1.165) is 4.31 Å². The number of nitrogens with one attached hydrogen (secondary N) is 1. The molecule has 0 saturated heterocycles. The van der Waals surface area contributed by atoms with E-state index in [2.05, 4.69) is 5.32 Å². The highest BCUT2D eigenvalue weighted by atomic mass is 35.5. The van der Waals surface area contributed by atoms with Gasteiger partial charge in [-0.1, -0.05) is 41.4 Å². The van der Waals surface area contributed by atoms with Gasteiger partial charge in [0.1, 0.15) is 18.3 Å². The fourth-order valence-electron chi connectivity index (χ4n) is 3.92. The molecule has 0 spiro atoms. The molecule has 0 fully saturated rings. The van der Waals surface area contributed by atoms with Gasteiger partial charge in [0.05, 0.1) is 17.7 Å². The first kappa shape index (κ1) is 31.3. The van der Waals surface area contributed by atoms with E-state index in [1.54, 1.807) is 49.4 Å². The zero-order valence-corrected chi connectivity index (χ0v) is 25.3. The Kier molecular flexibility index (Phi) is 10.1. The summed E-state index contributed by atoms with van der Waals surface area (Å²) in [5.41, 5.74) is 0.343. The highest BCUT2D eigenvalue weighted by Crippen LogP contribution is 2.28. The summed E-state index contributed by atoms with van der Waals surface area (Å²) in [4.78, 5) is 28.4. The van der Waals surface area contributed by atoms with E-state index >= 15 is 0 Å². The summed E-state index contributed by atoms with van der Waals surface area (Å²) in [5, 5.41) is 3.66. The van der Waals surface area contributed by atoms with Gasteiger partial charge in [-0.2, -0.15) is 0 Å². The lowest BCUT2D eigenvalue weighted by molar-refractivity contribution is -0.140. The number of benzene rings is 3. The maximum Gasteiger partial charge on any atom is 0.264 e. The van der Waals surface area contributed by atoms with Crippen LogP contribution in [0.5, 0.6) is 5.75 Å². The largest absolute Gasteiger partial charge is 0.497 e. The van der Waals surface area contributed by atoms with Crippen molar-refractivity contribution in [1.82, 2.24) is 10.2 Å². The first-order valence-electron chi connectivity index (χ1n) is 12.5. The number of carbonyl (C=O) groups excluding carboxylic acids is 2. The Balaban J connectivity index is 2.04. The van der Waals surface area contributed by atoms with Crippen LogP contribution in [0.1, 0.15) is 33.3 Å². The summed E-state index contributed by atoms with van der Waals surface area (Å²) < 4.78 is 33.9. The summed E-state index contributed by atoms with van der Waals surface area (Å²) in [7, 11) is -2.75. The van der Waals surface area contributed by atoms with Gasteiger partial charge in [0.2, 0.25) is 11.8 Å². The number of amides is 2. The van der Waals surface area contributed by atoms with Gasteiger partial charge in [-0.3, -0.25) is 13.9 Å². The van der Waals surface area contributed by atoms with Crippen molar-refractivity contribution >= 4 is 50.7 Å². The van der Waals surface area contributed by atoms with E-state index in [1.165, 1.54) is 42.3 Å². The minimum atomic E-state index is -4.23. The lowest BCUT2D eigenvalue weighted by Gasteiger charge is -2.33. The van der Waals surface area contributed by atoms with Gasteiger partial charge in [0, 0.05) is 22.1 Å². The molecule has 1 atom stereocenters. The average molecular weight is 607 g/mol. The second-order valence-corrected chi connectivity index (χ2v) is 13.0. The molecular weight excluding hydrogens is 573 g/mol. The molecule has 3 rings (SSSR count). The van der Waals surface area contributed by atoms with E-state index in [0.29, 0.717) is 21.4 Å². The van der Waals surface area contributed by atoms with Crippen LogP contribution in [-0.2, 0) is 26.2 Å². The van der Waals surface area contributed by atoms with Crippen LogP contribution in [0.4, 0.5) is 5.69 Å². The first-order chi connectivity index (χ1) is 18.7. The van der Waals surface area contributed by atoms with E-state index in [9.17, 15) is 18.0 Å². The summed E-state index contributed by atoms with van der Waals surface area (Å²) in [6.45, 7) is 6.56. The Bertz CT molecular complexity index is 1460. The second-order valence-electron chi connectivity index (χ2n) is 10.2. The van der Waals surface area contributed by atoms with Crippen LogP contribution in [-0.4, -0.2) is 50.4 Å². The monoisotopic (exact) mass is 605 g/mol. The average Bonchev–Trinajstić information content (AvgIpc) is 2.88. The van der Waals surface area contributed by atoms with Gasteiger partial charge >= 0.3 is 0 Å². The van der Waals surface area contributed by atoms with Crippen molar-refractivity contribution in [3.63, 3.8) is 0 Å². The second kappa shape index (κ2) is 12.9. The molecule has 0 saturated carbocycles. The number of anilines is 1. The van der Waals surface area contributed by atoms with Gasteiger partial charge in [-0.15, -0.1) is 0 Å². The third-order valence-corrected chi connectivity index (χ3v) is 8.19. The van der Waals surface area contributed by atoms with E-state index < -0.39 is 34.1 Å². The Labute approximate surface area is 245 Å². The van der Waals surface area contributed by atoms with Crippen LogP contribution in [0, 0.1) is 0 Å². The van der Waals surface area contributed by atoms with Crippen LogP contribution < -0.4 is 14.4 Å². The molecule has 11 heteroatoms. The van der Waals surface area contributed by atoms with Gasteiger partial charge < -0.3 is 15.0 Å². The molecule has 1 unspecified atom stereocenters. The van der Waals surface area contributed by atoms with Crippen LogP contribution in [0.15, 0.2) is 77.7 Å². The third kappa shape index (κ3) is 8.13. The van der Waals surface area contributed by atoms with Crippen LogP contribution in [0.2, 0.25) is 10.0 Å². The zero-order chi connectivity index (χ0) is 29.7. The molecule has 214 valence electrons. The van der Waals surface area contributed by atoms with Crippen molar-refractivity contribution in [1.29, 1.82) is 0 Å². The summed E-state index contributed by atoms with van der Waals surface area (Å²) >= 11 is 12.4. The third-order valence-electron chi connectivity index (χ3n) is 5.93. The van der Waals surface area contributed by atoms with Crippen LogP contribution >= 0.6 is 23.2 Å². The minimum absolute atomic E-state index is 0.0318.